The summed E-state index contributed by atoms with van der Waals surface area (Å²) in [6.45, 7) is 1.45. The van der Waals surface area contributed by atoms with E-state index >= 15 is 0 Å². The summed E-state index contributed by atoms with van der Waals surface area (Å²) in [5.74, 6) is 0.00973. The van der Waals surface area contributed by atoms with Crippen LogP contribution in [0.25, 0.3) is 22.4 Å². The van der Waals surface area contributed by atoms with Crippen molar-refractivity contribution in [2.75, 3.05) is 5.73 Å². The molecular formula is C25H21F6N3O. The fourth-order valence-corrected chi connectivity index (χ4v) is 3.93. The molecule has 0 amide bonds. The van der Waals surface area contributed by atoms with E-state index in [0.717, 1.165) is 18.2 Å². The van der Waals surface area contributed by atoms with Crippen LogP contribution >= 0.6 is 0 Å². The van der Waals surface area contributed by atoms with Crippen LogP contribution in [0.5, 0.6) is 0 Å². The Bertz CT molecular complexity index is 1300. The maximum atomic E-state index is 13.7. The molecule has 0 saturated heterocycles. The summed E-state index contributed by atoms with van der Waals surface area (Å²) >= 11 is 0. The normalized spacial score (nSPS) is 15.5. The summed E-state index contributed by atoms with van der Waals surface area (Å²) in [5.41, 5.74) is 5.48. The van der Waals surface area contributed by atoms with Gasteiger partial charge in [-0.05, 0) is 55.7 Å². The average molecular weight is 493 g/mol. The van der Waals surface area contributed by atoms with Gasteiger partial charge in [-0.25, -0.2) is 4.98 Å². The van der Waals surface area contributed by atoms with Gasteiger partial charge in [-0.1, -0.05) is 24.3 Å². The molecule has 1 aliphatic carbocycles. The van der Waals surface area contributed by atoms with Gasteiger partial charge in [-0.3, -0.25) is 4.57 Å². The van der Waals surface area contributed by atoms with Gasteiger partial charge < -0.3 is 10.8 Å². The first-order chi connectivity index (χ1) is 16.4. The van der Waals surface area contributed by atoms with Crippen LogP contribution in [0.1, 0.15) is 43.0 Å². The second-order valence-corrected chi connectivity index (χ2v) is 8.19. The van der Waals surface area contributed by atoms with E-state index < -0.39 is 29.6 Å². The maximum Gasteiger partial charge on any atom is 0.416 e. The number of aliphatic hydroxyl groups excluding tert-OH is 1. The molecule has 2 aromatic carbocycles. The molecule has 1 aliphatic rings. The summed E-state index contributed by atoms with van der Waals surface area (Å²) in [5, 5.41) is 10.0. The Morgan fingerprint density at radius 3 is 2.20 bits per heavy atom. The smallest absolute Gasteiger partial charge is 0.398 e. The molecule has 1 heterocycles. The lowest BCUT2D eigenvalue weighted by molar-refractivity contribution is -0.137. The molecule has 0 aliphatic heterocycles. The Morgan fingerprint density at radius 2 is 1.60 bits per heavy atom. The van der Waals surface area contributed by atoms with Crippen molar-refractivity contribution in [3.05, 3.63) is 83.5 Å². The molecule has 184 valence electrons. The number of nitrogens with zero attached hydrogens (tertiary/aromatic N) is 2. The minimum absolute atomic E-state index is 0.00973. The van der Waals surface area contributed by atoms with E-state index in [2.05, 4.69) is 4.98 Å². The number of anilines is 1. The van der Waals surface area contributed by atoms with E-state index in [1.807, 2.05) is 0 Å². The summed E-state index contributed by atoms with van der Waals surface area (Å²) in [6.07, 6.45) is -5.48. The van der Waals surface area contributed by atoms with Crippen LogP contribution in [0, 0.1) is 0 Å². The molecule has 35 heavy (non-hydrogen) atoms. The van der Waals surface area contributed by atoms with Crippen LogP contribution in [0.4, 0.5) is 32.0 Å². The summed E-state index contributed by atoms with van der Waals surface area (Å²) in [7, 11) is 0. The first kappa shape index (κ1) is 24.6. The van der Waals surface area contributed by atoms with Crippen molar-refractivity contribution in [3.63, 3.8) is 0 Å². The Morgan fingerprint density at radius 1 is 0.943 bits per heavy atom. The lowest BCUT2D eigenvalue weighted by Crippen LogP contribution is -2.17. The molecule has 0 saturated carbocycles. The first-order valence-corrected chi connectivity index (χ1v) is 10.7. The Labute approximate surface area is 197 Å². The second-order valence-electron chi connectivity index (χ2n) is 8.19. The zero-order chi connectivity index (χ0) is 25.5. The van der Waals surface area contributed by atoms with E-state index in [0.29, 0.717) is 17.7 Å². The number of nitrogen functional groups attached to an aromatic ring is 1. The molecule has 10 heteroatoms. The minimum atomic E-state index is -4.58. The van der Waals surface area contributed by atoms with Crippen LogP contribution in [0.3, 0.4) is 0 Å². The third kappa shape index (κ3) is 4.97. The standard InChI is InChI=1S/C25H21F6N3O/c1-14(35)22-13-34(23(33-22)18-4-2-3-5-20(18)25(29,30)31)17-9-6-15(7-10-17)19-12-16(24(26,27)28)8-11-21(19)32/h4-14,35H,2-3,32H2,1H3. The van der Waals surface area contributed by atoms with Crippen molar-refractivity contribution in [2.45, 2.75) is 38.2 Å². The van der Waals surface area contributed by atoms with Crippen molar-refractivity contribution in [3.8, 4) is 16.8 Å². The number of rotatable bonds is 4. The zero-order valence-electron chi connectivity index (χ0n) is 18.5. The number of nitrogens with two attached hydrogens (primary N) is 1. The lowest BCUT2D eigenvalue weighted by atomic mass is 9.96. The highest BCUT2D eigenvalue weighted by atomic mass is 19.4. The van der Waals surface area contributed by atoms with E-state index in [4.69, 9.17) is 5.73 Å². The molecule has 1 unspecified atom stereocenters. The Hall–Kier alpha value is -3.53. The van der Waals surface area contributed by atoms with Crippen molar-refractivity contribution in [1.29, 1.82) is 0 Å². The van der Waals surface area contributed by atoms with Crippen molar-refractivity contribution >= 4 is 11.3 Å². The Kier molecular flexibility index (Phi) is 6.27. The van der Waals surface area contributed by atoms with Gasteiger partial charge in [-0.15, -0.1) is 0 Å². The fraction of sp³-hybridized carbons (Fsp3) is 0.240. The number of aromatic nitrogens is 2. The van der Waals surface area contributed by atoms with Gasteiger partial charge in [0.2, 0.25) is 0 Å². The van der Waals surface area contributed by atoms with Crippen LogP contribution in [-0.2, 0) is 6.18 Å². The molecule has 0 spiro atoms. The van der Waals surface area contributed by atoms with E-state index in [1.54, 1.807) is 12.1 Å². The van der Waals surface area contributed by atoms with Crippen molar-refractivity contribution < 1.29 is 31.4 Å². The number of imidazole rings is 1. The topological polar surface area (TPSA) is 64.1 Å². The zero-order valence-corrected chi connectivity index (χ0v) is 18.5. The van der Waals surface area contributed by atoms with Gasteiger partial charge in [0.1, 0.15) is 5.82 Å². The van der Waals surface area contributed by atoms with Crippen LogP contribution < -0.4 is 5.73 Å². The van der Waals surface area contributed by atoms with Crippen molar-refractivity contribution in [1.82, 2.24) is 9.55 Å². The third-order valence-electron chi connectivity index (χ3n) is 5.69. The largest absolute Gasteiger partial charge is 0.416 e. The highest BCUT2D eigenvalue weighted by Crippen LogP contribution is 2.40. The quantitative estimate of drug-likeness (QED) is 0.308. The number of halogens is 6. The molecule has 0 fully saturated rings. The summed E-state index contributed by atoms with van der Waals surface area (Å²) in [6, 6.07) is 9.18. The lowest BCUT2D eigenvalue weighted by Gasteiger charge is -2.19. The van der Waals surface area contributed by atoms with Gasteiger partial charge in [0, 0.05) is 28.7 Å². The molecule has 4 nitrogen and oxygen atoms in total. The minimum Gasteiger partial charge on any atom is -0.398 e. The molecule has 0 radical (unpaired) electrons. The van der Waals surface area contributed by atoms with Gasteiger partial charge in [0.25, 0.3) is 0 Å². The van der Waals surface area contributed by atoms with E-state index in [9.17, 15) is 31.4 Å². The summed E-state index contributed by atoms with van der Waals surface area (Å²) < 4.78 is 81.9. The number of hydrogen-bond acceptors (Lipinski definition) is 3. The summed E-state index contributed by atoms with van der Waals surface area (Å²) in [4.78, 5) is 4.27. The van der Waals surface area contributed by atoms with Gasteiger partial charge in [0.15, 0.2) is 0 Å². The highest BCUT2D eigenvalue weighted by molar-refractivity contribution is 5.80. The number of hydrogen-bond donors (Lipinski definition) is 2. The van der Waals surface area contributed by atoms with Gasteiger partial charge in [0.05, 0.1) is 22.9 Å². The predicted molar refractivity (Wildman–Crippen MR) is 120 cm³/mol. The molecule has 0 bridgehead atoms. The van der Waals surface area contributed by atoms with E-state index in [-0.39, 0.29) is 34.8 Å². The van der Waals surface area contributed by atoms with E-state index in [1.165, 1.54) is 42.0 Å². The monoisotopic (exact) mass is 493 g/mol. The van der Waals surface area contributed by atoms with Crippen molar-refractivity contribution in [2.24, 2.45) is 0 Å². The van der Waals surface area contributed by atoms with Crippen LogP contribution in [-0.4, -0.2) is 20.8 Å². The number of allylic oxidation sites excluding steroid dienone is 4. The van der Waals surface area contributed by atoms with Crippen LogP contribution in [0.2, 0.25) is 0 Å². The molecule has 1 aromatic heterocycles. The molecule has 3 N–H and O–H groups in total. The molecule has 4 rings (SSSR count). The average Bonchev–Trinajstić information content (AvgIpc) is 3.24. The first-order valence-electron chi connectivity index (χ1n) is 10.7. The maximum absolute atomic E-state index is 13.7. The number of aliphatic hydroxyl groups is 1. The van der Waals surface area contributed by atoms with Gasteiger partial charge >= 0.3 is 12.4 Å². The third-order valence-corrected chi connectivity index (χ3v) is 5.69. The fourth-order valence-electron chi connectivity index (χ4n) is 3.93. The molecule has 3 aromatic rings. The number of benzene rings is 2. The Balaban J connectivity index is 1.78. The molecular weight excluding hydrogens is 472 g/mol. The predicted octanol–water partition coefficient (Wildman–Crippen LogP) is 6.86. The molecule has 1 atom stereocenters. The second kappa shape index (κ2) is 8.92. The highest BCUT2D eigenvalue weighted by Gasteiger charge is 2.38. The van der Waals surface area contributed by atoms with Crippen LogP contribution in [0.15, 0.2) is 66.4 Å². The van der Waals surface area contributed by atoms with Gasteiger partial charge in [-0.2, -0.15) is 26.3 Å². The SMILES string of the molecule is CC(O)c1cn(-c2ccc(-c3cc(C(F)(F)F)ccc3N)cc2)c(C2=CCCC=C2C(F)(F)F)n1. The number of alkyl halides is 6.